The Morgan fingerprint density at radius 1 is 0.526 bits per heavy atom. The average Bonchev–Trinajstić information content (AvgIpc) is 3.01. The molecule has 0 fully saturated rings. The second kappa shape index (κ2) is 8.69. The van der Waals surface area contributed by atoms with Crippen LogP contribution in [0.1, 0.15) is 52.7 Å². The first-order valence-corrected chi connectivity index (χ1v) is 14.8. The van der Waals surface area contributed by atoms with Gasteiger partial charge in [0.1, 0.15) is 0 Å². The molecule has 0 bridgehead atoms. The summed E-state index contributed by atoms with van der Waals surface area (Å²) in [4.78, 5) is 2.40. The third-order valence-electron chi connectivity index (χ3n) is 9.90. The molecule has 0 saturated carbocycles. The maximum atomic E-state index is 4.02. The molecule has 0 spiro atoms. The van der Waals surface area contributed by atoms with Crippen LogP contribution in [0.4, 0.5) is 17.1 Å². The molecule has 1 nitrogen and oxygen atoms in total. The number of hydrogen-bond donors (Lipinski definition) is 0. The van der Waals surface area contributed by atoms with Crippen LogP contribution in [0.3, 0.4) is 0 Å². The first-order chi connectivity index (χ1) is 18.0. The van der Waals surface area contributed by atoms with Crippen molar-refractivity contribution in [1.82, 2.24) is 0 Å². The number of hydrogen-bond acceptors (Lipinski definition) is 1. The van der Waals surface area contributed by atoms with Crippen molar-refractivity contribution in [3.05, 3.63) is 111 Å². The second-order valence-corrected chi connectivity index (χ2v) is 13.8. The van der Waals surface area contributed by atoms with Crippen molar-refractivity contribution in [2.45, 2.75) is 52.4 Å². The summed E-state index contributed by atoms with van der Waals surface area (Å²) in [6, 6.07) is 33.2. The SMILES string of the molecule is CC1(C)c2ccc(N(c3ccc4ccccc4c3Br)c3ccc4ccccc4c3Br)cc2C(C)(C)C1(C)C. The van der Waals surface area contributed by atoms with Crippen LogP contribution >= 0.6 is 31.9 Å². The van der Waals surface area contributed by atoms with Gasteiger partial charge in [-0.1, -0.05) is 108 Å². The van der Waals surface area contributed by atoms with Crippen LogP contribution in [0, 0.1) is 5.41 Å². The van der Waals surface area contributed by atoms with E-state index in [-0.39, 0.29) is 16.2 Å². The smallest absolute Gasteiger partial charge is 0.0610 e. The van der Waals surface area contributed by atoms with Crippen LogP contribution in [0.2, 0.25) is 0 Å². The minimum absolute atomic E-state index is 0.0226. The van der Waals surface area contributed by atoms with Crippen LogP contribution < -0.4 is 4.90 Å². The van der Waals surface area contributed by atoms with Gasteiger partial charge in [0.2, 0.25) is 0 Å². The molecule has 0 aromatic heterocycles. The van der Waals surface area contributed by atoms with Crippen molar-refractivity contribution in [3.8, 4) is 0 Å². The third-order valence-corrected chi connectivity index (χ3v) is 11.6. The maximum Gasteiger partial charge on any atom is 0.0610 e. The van der Waals surface area contributed by atoms with E-state index in [9.17, 15) is 0 Å². The summed E-state index contributed by atoms with van der Waals surface area (Å²) in [5.41, 5.74) is 6.49. The Morgan fingerprint density at radius 2 is 1.00 bits per heavy atom. The van der Waals surface area contributed by atoms with E-state index in [1.54, 1.807) is 0 Å². The van der Waals surface area contributed by atoms with Crippen LogP contribution in [-0.4, -0.2) is 0 Å². The van der Waals surface area contributed by atoms with E-state index in [4.69, 9.17) is 0 Å². The predicted octanol–water partition coefficient (Wildman–Crippen LogP) is 11.6. The molecule has 0 unspecified atom stereocenters. The average molecular weight is 627 g/mol. The minimum atomic E-state index is 0.0226. The van der Waals surface area contributed by atoms with E-state index in [1.807, 2.05) is 0 Å². The first kappa shape index (κ1) is 25.6. The largest absolute Gasteiger partial charge is 0.308 e. The topological polar surface area (TPSA) is 3.24 Å². The molecule has 5 aromatic carbocycles. The molecule has 0 heterocycles. The Kier molecular flexibility index (Phi) is 5.87. The molecule has 0 amide bonds. The molecule has 38 heavy (non-hydrogen) atoms. The van der Waals surface area contributed by atoms with E-state index >= 15 is 0 Å². The Labute approximate surface area is 243 Å². The molecule has 6 rings (SSSR count). The highest BCUT2D eigenvalue weighted by molar-refractivity contribution is 9.11. The molecule has 1 aliphatic carbocycles. The van der Waals surface area contributed by atoms with E-state index in [0.29, 0.717) is 0 Å². The highest BCUT2D eigenvalue weighted by Gasteiger charge is 2.56. The summed E-state index contributed by atoms with van der Waals surface area (Å²) in [5, 5.41) is 4.85. The number of fused-ring (bicyclic) bond motifs is 3. The molecule has 3 heteroatoms. The van der Waals surface area contributed by atoms with Crippen molar-refractivity contribution < 1.29 is 0 Å². The van der Waals surface area contributed by atoms with Gasteiger partial charge in [-0.25, -0.2) is 0 Å². The summed E-state index contributed by atoms with van der Waals surface area (Å²) in [5.74, 6) is 0. The first-order valence-electron chi connectivity index (χ1n) is 13.3. The van der Waals surface area contributed by atoms with Gasteiger partial charge < -0.3 is 4.90 Å². The molecule has 5 aromatic rings. The number of nitrogens with zero attached hydrogens (tertiary/aromatic N) is 1. The molecular weight excluding hydrogens is 594 g/mol. The van der Waals surface area contributed by atoms with Crippen molar-refractivity contribution in [3.63, 3.8) is 0 Å². The van der Waals surface area contributed by atoms with Crippen molar-refractivity contribution >= 4 is 70.5 Å². The summed E-state index contributed by atoms with van der Waals surface area (Å²) in [6.45, 7) is 14.5. The third kappa shape index (κ3) is 3.47. The number of benzene rings is 5. The van der Waals surface area contributed by atoms with Gasteiger partial charge in [-0.15, -0.1) is 0 Å². The van der Waals surface area contributed by atoms with Gasteiger partial charge >= 0.3 is 0 Å². The lowest BCUT2D eigenvalue weighted by Gasteiger charge is -2.44. The lowest BCUT2D eigenvalue weighted by atomic mass is 9.59. The van der Waals surface area contributed by atoms with E-state index in [0.717, 1.165) is 26.0 Å². The summed E-state index contributed by atoms with van der Waals surface area (Å²) in [6.07, 6.45) is 0. The van der Waals surface area contributed by atoms with Gasteiger partial charge in [-0.3, -0.25) is 0 Å². The number of halogens is 2. The van der Waals surface area contributed by atoms with Crippen LogP contribution in [-0.2, 0) is 10.8 Å². The number of rotatable bonds is 3. The zero-order valence-electron chi connectivity index (χ0n) is 22.9. The molecule has 192 valence electrons. The lowest BCUT2D eigenvalue weighted by Crippen LogP contribution is -2.42. The highest BCUT2D eigenvalue weighted by Crippen LogP contribution is 2.62. The Morgan fingerprint density at radius 3 is 1.53 bits per heavy atom. The van der Waals surface area contributed by atoms with Crippen LogP contribution in [0.25, 0.3) is 21.5 Å². The van der Waals surface area contributed by atoms with Crippen molar-refractivity contribution in [1.29, 1.82) is 0 Å². The highest BCUT2D eigenvalue weighted by atomic mass is 79.9. The van der Waals surface area contributed by atoms with Gasteiger partial charge in [-0.2, -0.15) is 0 Å². The van der Waals surface area contributed by atoms with Crippen LogP contribution in [0.15, 0.2) is 99.9 Å². The van der Waals surface area contributed by atoms with Gasteiger partial charge in [0, 0.05) is 14.6 Å². The fraction of sp³-hybridized carbons (Fsp3) is 0.257. The maximum absolute atomic E-state index is 4.02. The predicted molar refractivity (Wildman–Crippen MR) is 171 cm³/mol. The molecule has 0 aliphatic heterocycles. The fourth-order valence-corrected chi connectivity index (χ4v) is 7.73. The molecular formula is C35H33Br2N. The van der Waals surface area contributed by atoms with E-state index < -0.39 is 0 Å². The monoisotopic (exact) mass is 625 g/mol. The summed E-state index contributed by atoms with van der Waals surface area (Å²) >= 11 is 8.03. The Hall–Kier alpha value is -2.62. The molecule has 1 aliphatic rings. The Balaban J connectivity index is 1.65. The van der Waals surface area contributed by atoms with Gasteiger partial charge in [-0.05, 0) is 105 Å². The quantitative estimate of drug-likeness (QED) is 0.192. The summed E-state index contributed by atoms with van der Waals surface area (Å²) < 4.78 is 2.19. The van der Waals surface area contributed by atoms with Gasteiger partial charge in [0.25, 0.3) is 0 Å². The Bertz CT molecular complexity index is 1640. The zero-order chi connectivity index (χ0) is 27.0. The minimum Gasteiger partial charge on any atom is -0.308 e. The number of anilines is 3. The molecule has 0 radical (unpaired) electrons. The second-order valence-electron chi connectivity index (χ2n) is 12.2. The van der Waals surface area contributed by atoms with E-state index in [2.05, 4.69) is 169 Å². The molecule has 0 N–H and O–H groups in total. The van der Waals surface area contributed by atoms with Crippen LogP contribution in [0.5, 0.6) is 0 Å². The summed E-state index contributed by atoms with van der Waals surface area (Å²) in [7, 11) is 0. The molecule has 0 saturated heterocycles. The van der Waals surface area contributed by atoms with E-state index in [1.165, 1.54) is 32.7 Å². The normalized spacial score (nSPS) is 17.1. The van der Waals surface area contributed by atoms with Gasteiger partial charge in [0.15, 0.2) is 0 Å². The van der Waals surface area contributed by atoms with Crippen molar-refractivity contribution in [2.75, 3.05) is 4.90 Å². The zero-order valence-corrected chi connectivity index (χ0v) is 26.0. The van der Waals surface area contributed by atoms with Crippen molar-refractivity contribution in [2.24, 2.45) is 5.41 Å². The molecule has 0 atom stereocenters. The lowest BCUT2D eigenvalue weighted by molar-refractivity contribution is 0.125. The standard InChI is InChI=1S/C35H33Br2N/c1-33(2)27-18-17-24(21-28(27)34(3,4)35(33,5)6)38(29-19-15-22-11-7-9-13-25(22)31(29)36)30-20-16-23-12-8-10-14-26(23)32(30)37/h7-21H,1-6H3. The van der Waals surface area contributed by atoms with Gasteiger partial charge in [0.05, 0.1) is 11.4 Å². The fourth-order valence-electron chi connectivity index (χ4n) is 6.39.